The molecule has 23 nitrogen and oxygen atoms in total. The first-order valence-corrected chi connectivity index (χ1v) is 41.8. The van der Waals surface area contributed by atoms with E-state index in [0.29, 0.717) is 82.5 Å². The number of rotatable bonds is 24. The largest absolute Gasteiger partial charge is 0.394 e. The highest BCUT2D eigenvalue weighted by molar-refractivity contribution is 9.09. The minimum atomic E-state index is -2.16. The van der Waals surface area contributed by atoms with Crippen molar-refractivity contribution in [1.29, 1.82) is 0 Å². The maximum atomic E-state index is 14.9. The average molecular weight is 2020 g/mol. The zero-order valence-corrected chi connectivity index (χ0v) is 74.5. The van der Waals surface area contributed by atoms with Crippen molar-refractivity contribution in [2.24, 2.45) is 0 Å². The van der Waals surface area contributed by atoms with Crippen LogP contribution in [0.1, 0.15) is 45.8 Å². The summed E-state index contributed by atoms with van der Waals surface area (Å²) in [6.45, 7) is 0.0262. The third kappa shape index (κ3) is 21.9. The molecule has 40 heteroatoms. The van der Waals surface area contributed by atoms with Gasteiger partial charge >= 0.3 is 0 Å². The zero-order chi connectivity index (χ0) is 88.4. The molecule has 6 aromatic carbocycles. The van der Waals surface area contributed by atoms with Gasteiger partial charge in [0.2, 0.25) is 5.60 Å². The normalized spacial score (nSPS) is 25.9. The Hall–Kier alpha value is -5.48. The molecule has 7 N–H and O–H groups in total. The Kier molecular flexibility index (Phi) is 33.9. The number of ether oxygens (including phenoxy) is 10. The molecule has 644 valence electrons. The molecule has 4 aliphatic heterocycles. The fourth-order valence-corrected chi connectivity index (χ4v) is 16.9. The van der Waals surface area contributed by atoms with E-state index in [2.05, 4.69) is 53.6 Å². The van der Waals surface area contributed by atoms with E-state index in [4.69, 9.17) is 235 Å². The molecule has 0 amide bonds. The minimum absolute atomic E-state index is 0.0141. The van der Waals surface area contributed by atoms with E-state index >= 15 is 0 Å². The molecule has 16 atom stereocenters. The van der Waals surface area contributed by atoms with Crippen molar-refractivity contribution in [3.05, 3.63) is 250 Å². The third-order valence-electron chi connectivity index (χ3n) is 19.4. The first-order valence-electron chi connectivity index (χ1n) is 35.6. The highest BCUT2D eigenvalue weighted by Gasteiger charge is 2.60. The number of hydrogen-bond acceptors (Lipinski definition) is 21. The summed E-state index contributed by atoms with van der Waals surface area (Å²) in [6, 6.07) is 30.1. The van der Waals surface area contributed by atoms with Crippen LogP contribution in [-0.4, -0.2) is 174 Å². The number of aliphatic hydroxyl groups is 7. The van der Waals surface area contributed by atoms with Gasteiger partial charge in [-0.05, 0) is 106 Å². The Morgan fingerprint density at radius 2 is 0.697 bits per heavy atom. The number of halogens is 17. The summed E-state index contributed by atoms with van der Waals surface area (Å²) >= 11 is 88.1. The molecule has 122 heavy (non-hydrogen) atoms. The fourth-order valence-electron chi connectivity index (χ4n) is 13.0. The van der Waals surface area contributed by atoms with Crippen LogP contribution in [0, 0.1) is 61.0 Å². The van der Waals surface area contributed by atoms with Crippen LogP contribution < -0.4 is 0 Å². The Bertz CT molecular complexity index is 5470. The maximum absolute atomic E-state index is 14.9. The van der Waals surface area contributed by atoms with E-state index in [-0.39, 0.29) is 91.8 Å². The zero-order valence-electron chi connectivity index (χ0n) is 62.3. The van der Waals surface area contributed by atoms with Gasteiger partial charge in [0.25, 0.3) is 0 Å². The Balaban J connectivity index is 0.000000162. The molecule has 0 saturated carbocycles. The van der Waals surface area contributed by atoms with E-state index in [1.54, 1.807) is 109 Å². The van der Waals surface area contributed by atoms with Crippen LogP contribution in [-0.2, 0) is 87.0 Å². The van der Waals surface area contributed by atoms with E-state index in [9.17, 15) is 44.5 Å². The summed E-state index contributed by atoms with van der Waals surface area (Å²) in [5, 5.41) is 77.7. The number of fused-ring (bicyclic) bond motifs is 2. The third-order valence-corrected chi connectivity index (χ3v) is 24.4. The van der Waals surface area contributed by atoms with Gasteiger partial charge in [-0.25, -0.2) is 28.7 Å². The quantitative estimate of drug-likeness (QED) is 0.0168. The van der Waals surface area contributed by atoms with Crippen LogP contribution in [0.5, 0.6) is 0 Å². The molecular weight excluding hydrogens is 1960 g/mol. The summed E-state index contributed by atoms with van der Waals surface area (Å²) in [4.78, 5) is 15.5. The molecule has 0 radical (unpaired) electrons. The van der Waals surface area contributed by atoms with Gasteiger partial charge in [0, 0.05) is 72.7 Å². The predicted octanol–water partition coefficient (Wildman–Crippen LogP) is 17.1. The number of aliphatic hydroxyl groups excluding tert-OH is 3. The van der Waals surface area contributed by atoms with E-state index < -0.39 is 113 Å². The van der Waals surface area contributed by atoms with Crippen molar-refractivity contribution >= 4 is 200 Å². The standard InChI is InChI=1S/C27H19Cl5FN3O4.C21H17BrCl4O4.C21H18Cl4O5.C13H11ClFN3O4/c1-2-27(37)23(39-11-15-4-6-17(29)8-19(15)31)21(12-38-10-14-3-5-16(28)7-18(14)30)40-26(27)36-9-20(33)22-24(32)34-13-35-25(22)36;1-2-21(27)19(29-10-13-4-6-15(24)8-17(13)26)18(30-20(21)22)11-28-9-12-3-5-14(23)7-16(12)25;1-2-21(27)19(29-10-13-4-6-15(23)8-17(13)25)18(30-20(21)26)11-28-9-12-3-5-14(22)7-16(12)24;1-2-13(21)9(20)7(4-19)22-12(13)18-3-6(15)8-10(14)16-5-17-11(8)18/h1,3-9,13,21,23,26,37H,10-12H2;1,3-8,18-20,27H,9-11H2;1,3-8,18-20,26-27H,9-11H2;1,3,5,7,9,12,19-21H,4H2/t21-,23-,26-,27-;2*18-,19-,20?,21-;7-,9-,12-,13-/m1111/s1. The lowest BCUT2D eigenvalue weighted by Crippen LogP contribution is -2.49. The number of aromatic nitrogens is 6. The topological polar surface area (TPSA) is 295 Å². The van der Waals surface area contributed by atoms with Gasteiger partial charge in [-0.3, -0.25) is 9.13 Å². The Morgan fingerprint density at radius 1 is 0.402 bits per heavy atom. The maximum Gasteiger partial charge on any atom is 0.205 e. The number of benzene rings is 6. The molecular formula is C82H65BrCl14F2N6O17. The molecule has 4 fully saturated rings. The van der Waals surface area contributed by atoms with Crippen LogP contribution >= 0.6 is 178 Å². The van der Waals surface area contributed by atoms with Crippen molar-refractivity contribution < 1.29 is 91.9 Å². The lowest BCUT2D eigenvalue weighted by atomic mass is 9.94. The molecule has 4 aromatic heterocycles. The van der Waals surface area contributed by atoms with Crippen molar-refractivity contribution in [1.82, 2.24) is 29.1 Å². The molecule has 8 heterocycles. The number of nitrogens with zero attached hydrogens (tertiary/aromatic N) is 6. The van der Waals surface area contributed by atoms with Gasteiger partial charge < -0.3 is 83.1 Å². The summed E-state index contributed by atoms with van der Waals surface area (Å²) in [6.07, 6.45) is 14.1. The molecule has 4 aliphatic rings. The first kappa shape index (κ1) is 97.1. The van der Waals surface area contributed by atoms with Gasteiger partial charge in [0.05, 0.1) is 76.8 Å². The van der Waals surface area contributed by atoms with Crippen LogP contribution in [0.25, 0.3) is 22.1 Å². The average Bonchev–Trinajstić information content (AvgIpc) is 1.59. The van der Waals surface area contributed by atoms with Gasteiger partial charge in [-0.1, -0.05) is 238 Å². The van der Waals surface area contributed by atoms with Gasteiger partial charge in [0.15, 0.2) is 52.2 Å². The number of alkyl halides is 1. The lowest BCUT2D eigenvalue weighted by molar-refractivity contribution is -0.158. The highest BCUT2D eigenvalue weighted by Crippen LogP contribution is 2.46. The molecule has 0 aliphatic carbocycles. The Morgan fingerprint density at radius 3 is 1.02 bits per heavy atom. The second-order valence-corrected chi connectivity index (χ2v) is 33.8. The smallest absolute Gasteiger partial charge is 0.205 e. The second kappa shape index (κ2) is 42.6. The van der Waals surface area contributed by atoms with Crippen molar-refractivity contribution in [3.63, 3.8) is 0 Å². The second-order valence-electron chi connectivity index (χ2n) is 27.2. The van der Waals surface area contributed by atoms with E-state index in [1.807, 2.05) is 5.92 Å². The lowest BCUT2D eigenvalue weighted by Gasteiger charge is -2.29. The predicted molar refractivity (Wildman–Crippen MR) is 463 cm³/mol. The summed E-state index contributed by atoms with van der Waals surface area (Å²) < 4.78 is 89.3. The summed E-state index contributed by atoms with van der Waals surface area (Å²) in [5.41, 5.74) is -3.78. The van der Waals surface area contributed by atoms with Crippen molar-refractivity contribution in [2.45, 2.75) is 135 Å². The van der Waals surface area contributed by atoms with Crippen LogP contribution in [0.15, 0.2) is 134 Å². The molecule has 0 spiro atoms. The highest BCUT2D eigenvalue weighted by atomic mass is 79.9. The van der Waals surface area contributed by atoms with Gasteiger partial charge in [-0.15, -0.1) is 25.7 Å². The number of terminal acetylenes is 4. The molecule has 2 unspecified atom stereocenters. The fraction of sp³-hybridized carbons (Fsp3) is 0.317. The Labute approximate surface area is 774 Å². The summed E-state index contributed by atoms with van der Waals surface area (Å²) in [7, 11) is 0. The molecule has 10 aromatic rings. The van der Waals surface area contributed by atoms with Crippen LogP contribution in [0.3, 0.4) is 0 Å². The van der Waals surface area contributed by atoms with E-state index in [0.717, 1.165) is 40.7 Å². The minimum Gasteiger partial charge on any atom is -0.394 e. The van der Waals surface area contributed by atoms with Crippen LogP contribution in [0.2, 0.25) is 70.6 Å². The molecule has 14 rings (SSSR count). The van der Waals surface area contributed by atoms with E-state index in [1.165, 1.54) is 4.57 Å². The SMILES string of the molecule is C#C[C@@]1(O)[C@H](O)[C@@H](CO)O[C@H]1n1cc(F)c2c(Cl)ncnc21.C#C[C@@]1(O)[C@H](OCc2ccc(Cl)cc2Cl)[C@@H](COCc2ccc(Cl)cc2Cl)O[C@H]1n1cc(F)c2c(Cl)ncnc21.C#C[C@]1(O)C(Br)O[C@H](COCc2ccc(Cl)cc2Cl)[C@H]1OCc1ccc(Cl)cc1Cl.C#C[C@]1(O)C(O)O[C@H](COCc2ccc(Cl)cc2Cl)[C@H]1OCc1ccc(Cl)cc1Cl. The van der Waals surface area contributed by atoms with Gasteiger partial charge in [0.1, 0.15) is 83.1 Å². The molecule has 0 bridgehead atoms. The molecule has 4 saturated heterocycles. The van der Waals surface area contributed by atoms with Crippen molar-refractivity contribution in [3.8, 4) is 49.4 Å². The van der Waals surface area contributed by atoms with Crippen molar-refractivity contribution in [2.75, 3.05) is 26.4 Å². The van der Waals surface area contributed by atoms with Gasteiger partial charge in [-0.2, -0.15) is 0 Å². The van der Waals surface area contributed by atoms with Crippen LogP contribution in [0.4, 0.5) is 8.78 Å². The number of hydrogen-bond donors (Lipinski definition) is 7. The summed E-state index contributed by atoms with van der Waals surface area (Å²) in [5.74, 6) is 7.51. The first-order chi connectivity index (χ1) is 58.0. The monoisotopic (exact) mass is 2010 g/mol.